The molecule has 0 aliphatic heterocycles. The Balaban J connectivity index is 2.60. The van der Waals surface area contributed by atoms with E-state index < -0.39 is 17.5 Å². The van der Waals surface area contributed by atoms with Crippen LogP contribution in [0.2, 0.25) is 0 Å². The van der Waals surface area contributed by atoms with E-state index >= 15 is 0 Å². The number of imidazole rings is 1. The van der Waals surface area contributed by atoms with Crippen molar-refractivity contribution in [1.29, 1.82) is 0 Å². The highest BCUT2D eigenvalue weighted by molar-refractivity contribution is 5.71. The van der Waals surface area contributed by atoms with Crippen molar-refractivity contribution in [2.75, 3.05) is 5.73 Å². The summed E-state index contributed by atoms with van der Waals surface area (Å²) in [5.74, 6) is -2.38. The van der Waals surface area contributed by atoms with E-state index in [-0.39, 0.29) is 17.1 Å². The summed E-state index contributed by atoms with van der Waals surface area (Å²) in [5.41, 5.74) is 5.91. The van der Waals surface area contributed by atoms with Crippen molar-refractivity contribution in [3.05, 3.63) is 35.4 Å². The number of anilines is 1. The standard InChI is InChI=1S/C13H14F3N3/c1-3-4-19-7(2)18-12(13(19)17)8-5-10(15)11(16)6-9(8)14/h5-6H,3-4,17H2,1-2H3. The van der Waals surface area contributed by atoms with Crippen molar-refractivity contribution in [3.8, 4) is 11.3 Å². The second-order valence-corrected chi connectivity index (χ2v) is 4.29. The molecule has 1 aromatic heterocycles. The predicted molar refractivity (Wildman–Crippen MR) is 67.0 cm³/mol. The molecule has 0 bridgehead atoms. The molecule has 19 heavy (non-hydrogen) atoms. The van der Waals surface area contributed by atoms with Crippen molar-refractivity contribution in [1.82, 2.24) is 9.55 Å². The van der Waals surface area contributed by atoms with Gasteiger partial charge >= 0.3 is 0 Å². The Morgan fingerprint density at radius 2 is 1.79 bits per heavy atom. The molecule has 0 spiro atoms. The molecule has 1 aromatic carbocycles. The van der Waals surface area contributed by atoms with Gasteiger partial charge in [0.05, 0.1) is 0 Å². The minimum absolute atomic E-state index is 0.130. The van der Waals surface area contributed by atoms with Gasteiger partial charge in [-0.15, -0.1) is 0 Å². The molecule has 0 aliphatic carbocycles. The van der Waals surface area contributed by atoms with Gasteiger partial charge in [-0.05, 0) is 19.4 Å². The summed E-state index contributed by atoms with van der Waals surface area (Å²) in [4.78, 5) is 4.14. The predicted octanol–water partition coefficient (Wildman–Crippen LogP) is 3.27. The molecule has 6 heteroatoms. The number of aromatic nitrogens is 2. The van der Waals surface area contributed by atoms with E-state index in [2.05, 4.69) is 4.98 Å². The second kappa shape index (κ2) is 4.95. The molecular formula is C13H14F3N3. The molecule has 0 saturated heterocycles. The normalized spacial score (nSPS) is 11.0. The smallest absolute Gasteiger partial charge is 0.161 e. The first-order chi connectivity index (χ1) is 8.95. The zero-order valence-corrected chi connectivity index (χ0v) is 10.7. The number of hydrogen-bond donors (Lipinski definition) is 1. The van der Waals surface area contributed by atoms with Gasteiger partial charge in [-0.1, -0.05) is 6.92 Å². The van der Waals surface area contributed by atoms with Gasteiger partial charge in [-0.2, -0.15) is 0 Å². The van der Waals surface area contributed by atoms with E-state index in [0.29, 0.717) is 18.4 Å². The van der Waals surface area contributed by atoms with Gasteiger partial charge in [0.2, 0.25) is 0 Å². The zero-order chi connectivity index (χ0) is 14.2. The third kappa shape index (κ3) is 2.30. The SMILES string of the molecule is CCCn1c(C)nc(-c2cc(F)c(F)cc2F)c1N. The maximum atomic E-state index is 13.7. The number of halogens is 3. The first-order valence-corrected chi connectivity index (χ1v) is 5.93. The van der Waals surface area contributed by atoms with Gasteiger partial charge in [0, 0.05) is 18.2 Å². The van der Waals surface area contributed by atoms with Crippen LogP contribution < -0.4 is 5.73 Å². The highest BCUT2D eigenvalue weighted by atomic mass is 19.2. The van der Waals surface area contributed by atoms with Gasteiger partial charge in [0.1, 0.15) is 23.2 Å². The van der Waals surface area contributed by atoms with Gasteiger partial charge in [0.25, 0.3) is 0 Å². The molecule has 0 radical (unpaired) electrons. The van der Waals surface area contributed by atoms with Crippen molar-refractivity contribution in [3.63, 3.8) is 0 Å². The van der Waals surface area contributed by atoms with E-state index in [1.165, 1.54) is 0 Å². The van der Waals surface area contributed by atoms with Gasteiger partial charge in [-0.3, -0.25) is 0 Å². The lowest BCUT2D eigenvalue weighted by Gasteiger charge is -2.06. The molecule has 102 valence electrons. The van der Waals surface area contributed by atoms with Crippen molar-refractivity contribution in [2.45, 2.75) is 26.8 Å². The fourth-order valence-electron chi connectivity index (χ4n) is 1.99. The van der Waals surface area contributed by atoms with E-state index in [0.717, 1.165) is 12.5 Å². The number of benzene rings is 1. The summed E-state index contributed by atoms with van der Waals surface area (Å²) < 4.78 is 41.6. The largest absolute Gasteiger partial charge is 0.383 e. The average Bonchev–Trinajstić information content (AvgIpc) is 2.62. The van der Waals surface area contributed by atoms with Crippen LogP contribution in [0.5, 0.6) is 0 Å². The third-order valence-corrected chi connectivity index (χ3v) is 2.91. The van der Waals surface area contributed by atoms with Gasteiger partial charge in [0.15, 0.2) is 11.6 Å². The fraction of sp³-hybridized carbons (Fsp3) is 0.308. The number of nitrogen functional groups attached to an aromatic ring is 1. The third-order valence-electron chi connectivity index (χ3n) is 2.91. The Morgan fingerprint density at radius 3 is 2.42 bits per heavy atom. The Morgan fingerprint density at radius 1 is 1.16 bits per heavy atom. The molecule has 2 rings (SSSR count). The zero-order valence-electron chi connectivity index (χ0n) is 10.7. The molecule has 0 amide bonds. The quantitative estimate of drug-likeness (QED) is 0.869. The molecule has 0 unspecified atom stereocenters. The summed E-state index contributed by atoms with van der Waals surface area (Å²) >= 11 is 0. The molecule has 3 nitrogen and oxygen atoms in total. The molecule has 0 fully saturated rings. The number of aryl methyl sites for hydroxylation is 1. The highest BCUT2D eigenvalue weighted by Crippen LogP contribution is 2.30. The summed E-state index contributed by atoms with van der Waals surface area (Å²) in [6.07, 6.45) is 0.834. The molecule has 0 saturated carbocycles. The molecule has 0 atom stereocenters. The van der Waals surface area contributed by atoms with Crippen LogP contribution in [0.25, 0.3) is 11.3 Å². The maximum absolute atomic E-state index is 13.7. The lowest BCUT2D eigenvalue weighted by molar-refractivity contribution is 0.496. The van der Waals surface area contributed by atoms with Crippen molar-refractivity contribution in [2.24, 2.45) is 0 Å². The molecule has 0 aliphatic rings. The van der Waals surface area contributed by atoms with E-state index in [4.69, 9.17) is 5.73 Å². The van der Waals surface area contributed by atoms with E-state index in [1.54, 1.807) is 11.5 Å². The number of nitrogens with two attached hydrogens (primary N) is 1. The lowest BCUT2D eigenvalue weighted by atomic mass is 10.1. The van der Waals surface area contributed by atoms with E-state index in [1.807, 2.05) is 6.92 Å². The summed E-state index contributed by atoms with van der Waals surface area (Å²) in [6, 6.07) is 1.28. The van der Waals surface area contributed by atoms with Crippen LogP contribution in [0, 0.1) is 24.4 Å². The van der Waals surface area contributed by atoms with Crippen molar-refractivity contribution < 1.29 is 13.2 Å². The van der Waals surface area contributed by atoms with Crippen LogP contribution in [0.1, 0.15) is 19.2 Å². The molecule has 2 N–H and O–H groups in total. The minimum atomic E-state index is -1.23. The Labute approximate surface area is 108 Å². The Bertz CT molecular complexity index is 620. The van der Waals surface area contributed by atoms with Crippen molar-refractivity contribution >= 4 is 5.82 Å². The molecule has 2 aromatic rings. The monoisotopic (exact) mass is 269 g/mol. The number of hydrogen-bond acceptors (Lipinski definition) is 2. The van der Waals surface area contributed by atoms with Crippen LogP contribution in [0.3, 0.4) is 0 Å². The van der Waals surface area contributed by atoms with Gasteiger partial charge in [-0.25, -0.2) is 18.2 Å². The topological polar surface area (TPSA) is 43.8 Å². The number of nitrogens with zero attached hydrogens (tertiary/aromatic N) is 2. The van der Waals surface area contributed by atoms with Crippen LogP contribution in [-0.2, 0) is 6.54 Å². The molecule has 1 heterocycles. The van der Waals surface area contributed by atoms with E-state index in [9.17, 15) is 13.2 Å². The minimum Gasteiger partial charge on any atom is -0.383 e. The van der Waals surface area contributed by atoms with Crippen LogP contribution in [0.15, 0.2) is 12.1 Å². The maximum Gasteiger partial charge on any atom is 0.161 e. The highest BCUT2D eigenvalue weighted by Gasteiger charge is 2.19. The summed E-state index contributed by atoms with van der Waals surface area (Å²) in [5, 5.41) is 0. The average molecular weight is 269 g/mol. The lowest BCUT2D eigenvalue weighted by Crippen LogP contribution is -2.04. The second-order valence-electron chi connectivity index (χ2n) is 4.29. The Hall–Kier alpha value is -1.98. The first kappa shape index (κ1) is 13.5. The van der Waals surface area contributed by atoms with Crippen LogP contribution in [0.4, 0.5) is 19.0 Å². The fourth-order valence-corrected chi connectivity index (χ4v) is 1.99. The first-order valence-electron chi connectivity index (χ1n) is 5.93. The summed E-state index contributed by atoms with van der Waals surface area (Å²) in [6.45, 7) is 4.33. The summed E-state index contributed by atoms with van der Waals surface area (Å²) in [7, 11) is 0. The van der Waals surface area contributed by atoms with Crippen LogP contribution >= 0.6 is 0 Å². The Kier molecular flexibility index (Phi) is 3.50. The number of rotatable bonds is 3. The molecular weight excluding hydrogens is 255 g/mol. The van der Waals surface area contributed by atoms with Crippen LogP contribution in [-0.4, -0.2) is 9.55 Å². The van der Waals surface area contributed by atoms with Gasteiger partial charge < -0.3 is 10.3 Å².